The number of hydrogen-bond acceptors (Lipinski definition) is 6. The second kappa shape index (κ2) is 5.24. The molecule has 6 nitrogen and oxygen atoms in total. The SMILES string of the molecule is CCC(C)(CN)c1nc(N2CCN(C)CC2)no1. The van der Waals surface area contributed by atoms with Crippen LogP contribution in [0.5, 0.6) is 0 Å². The van der Waals surface area contributed by atoms with Crippen molar-refractivity contribution in [3.8, 4) is 0 Å². The van der Waals surface area contributed by atoms with Crippen LogP contribution in [0.25, 0.3) is 0 Å². The number of piperazine rings is 1. The lowest BCUT2D eigenvalue weighted by Crippen LogP contribution is -2.45. The van der Waals surface area contributed by atoms with Crippen molar-refractivity contribution in [1.29, 1.82) is 0 Å². The van der Waals surface area contributed by atoms with Crippen LogP contribution in [0.3, 0.4) is 0 Å². The van der Waals surface area contributed by atoms with Gasteiger partial charge in [-0.3, -0.25) is 0 Å². The summed E-state index contributed by atoms with van der Waals surface area (Å²) in [5.74, 6) is 1.35. The Labute approximate surface area is 108 Å². The van der Waals surface area contributed by atoms with Gasteiger partial charge < -0.3 is 20.1 Å². The quantitative estimate of drug-likeness (QED) is 0.840. The minimum atomic E-state index is -0.210. The standard InChI is InChI=1S/C12H23N5O/c1-4-12(2,9-13)10-14-11(15-18-10)17-7-5-16(3)6-8-17/h4-9,13H2,1-3H3. The Bertz CT molecular complexity index is 380. The Balaban J connectivity index is 2.10. The molecule has 1 aliphatic rings. The first-order valence-electron chi connectivity index (χ1n) is 6.57. The van der Waals surface area contributed by atoms with Crippen LogP contribution in [0.15, 0.2) is 4.52 Å². The Kier molecular flexibility index (Phi) is 3.87. The number of nitrogens with zero attached hydrogens (tertiary/aromatic N) is 4. The largest absolute Gasteiger partial charge is 0.337 e. The van der Waals surface area contributed by atoms with Gasteiger partial charge in [-0.2, -0.15) is 4.98 Å². The molecule has 0 radical (unpaired) electrons. The van der Waals surface area contributed by atoms with Crippen molar-refractivity contribution in [2.45, 2.75) is 25.7 Å². The van der Waals surface area contributed by atoms with Crippen LogP contribution in [0.1, 0.15) is 26.2 Å². The van der Waals surface area contributed by atoms with E-state index >= 15 is 0 Å². The molecule has 2 heterocycles. The number of aromatic nitrogens is 2. The smallest absolute Gasteiger partial charge is 0.266 e. The van der Waals surface area contributed by atoms with Crippen LogP contribution in [-0.4, -0.2) is 54.8 Å². The van der Waals surface area contributed by atoms with Crippen molar-refractivity contribution in [3.05, 3.63) is 5.89 Å². The number of nitrogens with two attached hydrogens (primary N) is 1. The van der Waals surface area contributed by atoms with Crippen LogP contribution in [-0.2, 0) is 5.41 Å². The number of anilines is 1. The molecule has 18 heavy (non-hydrogen) atoms. The van der Waals surface area contributed by atoms with Gasteiger partial charge in [0.1, 0.15) is 0 Å². The summed E-state index contributed by atoms with van der Waals surface area (Å²) >= 11 is 0. The van der Waals surface area contributed by atoms with Crippen LogP contribution < -0.4 is 10.6 Å². The van der Waals surface area contributed by atoms with Gasteiger partial charge in [0.15, 0.2) is 0 Å². The summed E-state index contributed by atoms with van der Waals surface area (Å²) < 4.78 is 5.40. The van der Waals surface area contributed by atoms with E-state index in [0.717, 1.165) is 32.6 Å². The van der Waals surface area contributed by atoms with Crippen molar-refractivity contribution in [2.24, 2.45) is 5.73 Å². The van der Waals surface area contributed by atoms with Crippen molar-refractivity contribution in [3.63, 3.8) is 0 Å². The first-order valence-corrected chi connectivity index (χ1v) is 6.57. The number of likely N-dealkylation sites (N-methyl/N-ethyl adjacent to an activating group) is 1. The van der Waals surface area contributed by atoms with Gasteiger partial charge in [-0.05, 0) is 25.5 Å². The fraction of sp³-hybridized carbons (Fsp3) is 0.833. The summed E-state index contributed by atoms with van der Waals surface area (Å²) in [4.78, 5) is 8.99. The molecule has 1 aromatic rings. The molecule has 1 saturated heterocycles. The third-order valence-corrected chi connectivity index (χ3v) is 3.95. The lowest BCUT2D eigenvalue weighted by atomic mass is 9.88. The van der Waals surface area contributed by atoms with Gasteiger partial charge in [-0.15, -0.1) is 0 Å². The maximum atomic E-state index is 5.81. The van der Waals surface area contributed by atoms with Gasteiger partial charge in [-0.25, -0.2) is 0 Å². The van der Waals surface area contributed by atoms with E-state index in [9.17, 15) is 0 Å². The minimum absolute atomic E-state index is 0.210. The zero-order chi connectivity index (χ0) is 13.2. The van der Waals surface area contributed by atoms with Crippen molar-refractivity contribution in [1.82, 2.24) is 15.0 Å². The fourth-order valence-electron chi connectivity index (χ4n) is 1.98. The predicted octanol–water partition coefficient (Wildman–Crippen LogP) is 0.448. The summed E-state index contributed by atoms with van der Waals surface area (Å²) in [5, 5.41) is 4.09. The fourth-order valence-corrected chi connectivity index (χ4v) is 1.98. The van der Waals surface area contributed by atoms with E-state index < -0.39 is 0 Å². The summed E-state index contributed by atoms with van der Waals surface area (Å²) in [6.45, 7) is 8.63. The van der Waals surface area contributed by atoms with Gasteiger partial charge in [0.25, 0.3) is 5.95 Å². The van der Waals surface area contributed by atoms with E-state index in [0.29, 0.717) is 18.4 Å². The molecule has 102 valence electrons. The summed E-state index contributed by atoms with van der Waals surface area (Å²) in [5.41, 5.74) is 5.60. The molecular weight excluding hydrogens is 230 g/mol. The van der Waals surface area contributed by atoms with E-state index in [2.05, 4.69) is 40.8 Å². The maximum absolute atomic E-state index is 5.81. The van der Waals surface area contributed by atoms with Gasteiger partial charge in [0, 0.05) is 32.7 Å². The molecule has 1 atom stereocenters. The van der Waals surface area contributed by atoms with E-state index in [1.807, 2.05) is 0 Å². The number of hydrogen-bond donors (Lipinski definition) is 1. The lowest BCUT2D eigenvalue weighted by Gasteiger charge is -2.31. The minimum Gasteiger partial charge on any atom is -0.337 e. The average Bonchev–Trinajstić information content (AvgIpc) is 2.89. The monoisotopic (exact) mass is 253 g/mol. The second-order valence-corrected chi connectivity index (χ2v) is 5.31. The topological polar surface area (TPSA) is 71.4 Å². The molecule has 0 bridgehead atoms. The molecule has 0 aromatic carbocycles. The molecular formula is C12H23N5O. The van der Waals surface area contributed by atoms with Gasteiger partial charge in [0.05, 0.1) is 5.41 Å². The summed E-state index contributed by atoms with van der Waals surface area (Å²) in [7, 11) is 2.13. The molecule has 6 heteroatoms. The van der Waals surface area contributed by atoms with E-state index in [4.69, 9.17) is 10.3 Å². The Hall–Kier alpha value is -1.14. The van der Waals surface area contributed by atoms with Crippen LogP contribution in [0, 0.1) is 0 Å². The molecule has 0 aliphatic carbocycles. The normalized spacial score (nSPS) is 21.0. The van der Waals surface area contributed by atoms with Crippen molar-refractivity contribution in [2.75, 3.05) is 44.7 Å². The Morgan fingerprint density at radius 2 is 2.00 bits per heavy atom. The predicted molar refractivity (Wildman–Crippen MR) is 70.7 cm³/mol. The third-order valence-electron chi connectivity index (χ3n) is 3.95. The highest BCUT2D eigenvalue weighted by Gasteiger charge is 2.31. The Morgan fingerprint density at radius 1 is 1.33 bits per heavy atom. The summed E-state index contributed by atoms with van der Waals surface area (Å²) in [6, 6.07) is 0. The van der Waals surface area contributed by atoms with Crippen molar-refractivity contribution < 1.29 is 4.52 Å². The van der Waals surface area contributed by atoms with Gasteiger partial charge in [-0.1, -0.05) is 6.92 Å². The number of rotatable bonds is 4. The van der Waals surface area contributed by atoms with Gasteiger partial charge in [0.2, 0.25) is 5.89 Å². The molecule has 2 rings (SSSR count). The second-order valence-electron chi connectivity index (χ2n) is 5.31. The molecule has 0 saturated carbocycles. The van der Waals surface area contributed by atoms with Crippen LogP contribution >= 0.6 is 0 Å². The summed E-state index contributed by atoms with van der Waals surface area (Å²) in [6.07, 6.45) is 0.897. The van der Waals surface area contributed by atoms with E-state index in [1.54, 1.807) is 0 Å². The van der Waals surface area contributed by atoms with Gasteiger partial charge >= 0.3 is 0 Å². The van der Waals surface area contributed by atoms with Crippen LogP contribution in [0.4, 0.5) is 5.95 Å². The molecule has 1 aromatic heterocycles. The molecule has 2 N–H and O–H groups in total. The van der Waals surface area contributed by atoms with E-state index in [1.165, 1.54) is 0 Å². The van der Waals surface area contributed by atoms with Crippen molar-refractivity contribution >= 4 is 5.95 Å². The lowest BCUT2D eigenvalue weighted by molar-refractivity contribution is 0.288. The van der Waals surface area contributed by atoms with E-state index in [-0.39, 0.29) is 5.41 Å². The first-order chi connectivity index (χ1) is 8.59. The molecule has 0 spiro atoms. The maximum Gasteiger partial charge on any atom is 0.266 e. The first kappa shape index (κ1) is 13.3. The van der Waals surface area contributed by atoms with Crippen LogP contribution in [0.2, 0.25) is 0 Å². The Morgan fingerprint density at radius 3 is 2.56 bits per heavy atom. The highest BCUT2D eigenvalue weighted by molar-refractivity contribution is 5.29. The molecule has 1 fully saturated rings. The highest BCUT2D eigenvalue weighted by atomic mass is 16.5. The zero-order valence-electron chi connectivity index (χ0n) is 11.5. The highest BCUT2D eigenvalue weighted by Crippen LogP contribution is 2.26. The molecule has 1 aliphatic heterocycles. The molecule has 0 amide bonds. The molecule has 1 unspecified atom stereocenters. The third kappa shape index (κ3) is 2.49. The average molecular weight is 253 g/mol. The zero-order valence-corrected chi connectivity index (χ0v) is 11.5.